The summed E-state index contributed by atoms with van der Waals surface area (Å²) in [7, 11) is -3.86. The van der Waals surface area contributed by atoms with Crippen LogP contribution in [-0.4, -0.2) is 56.1 Å². The number of rotatable bonds is 7. The number of nitrogens with one attached hydrogen (secondary N) is 2. The Labute approximate surface area is 178 Å². The number of sulfonamides is 1. The molecular formula is C19H21N5O6S. The molecule has 0 radical (unpaired) electrons. The second kappa shape index (κ2) is 9.64. The van der Waals surface area contributed by atoms with Gasteiger partial charge in [0.25, 0.3) is 5.69 Å². The van der Waals surface area contributed by atoms with Crippen molar-refractivity contribution in [2.75, 3.05) is 37.0 Å². The van der Waals surface area contributed by atoms with Crippen LogP contribution in [0.3, 0.4) is 0 Å². The molecule has 1 heterocycles. The van der Waals surface area contributed by atoms with Gasteiger partial charge in [-0.05, 0) is 29.8 Å². The first-order valence-electron chi connectivity index (χ1n) is 9.30. The molecule has 12 heteroatoms. The van der Waals surface area contributed by atoms with Crippen molar-refractivity contribution in [1.82, 2.24) is 4.31 Å². The molecule has 3 rings (SSSR count). The first-order valence-corrected chi connectivity index (χ1v) is 10.7. The van der Waals surface area contributed by atoms with E-state index < -0.39 is 20.6 Å². The van der Waals surface area contributed by atoms with Gasteiger partial charge in [0.1, 0.15) is 5.69 Å². The Bertz CT molecular complexity index is 1100. The Morgan fingerprint density at radius 1 is 1.19 bits per heavy atom. The van der Waals surface area contributed by atoms with Crippen LogP contribution in [0.1, 0.15) is 12.5 Å². The molecule has 2 aromatic carbocycles. The van der Waals surface area contributed by atoms with Crippen LogP contribution < -0.4 is 10.7 Å². The zero-order chi connectivity index (χ0) is 22.4. The van der Waals surface area contributed by atoms with E-state index >= 15 is 0 Å². The predicted octanol–water partition coefficient (Wildman–Crippen LogP) is 2.02. The summed E-state index contributed by atoms with van der Waals surface area (Å²) in [6.45, 7) is 2.36. The van der Waals surface area contributed by atoms with Crippen molar-refractivity contribution >= 4 is 39.2 Å². The van der Waals surface area contributed by atoms with Crippen molar-refractivity contribution in [2.45, 2.75) is 11.8 Å². The number of carbonyl (C=O) groups excluding carboxylic acids is 1. The quantitative estimate of drug-likeness (QED) is 0.375. The zero-order valence-corrected chi connectivity index (χ0v) is 17.5. The molecule has 164 valence electrons. The van der Waals surface area contributed by atoms with Gasteiger partial charge in [-0.3, -0.25) is 20.3 Å². The molecule has 0 spiro atoms. The van der Waals surface area contributed by atoms with Crippen LogP contribution in [0.15, 0.2) is 52.5 Å². The fourth-order valence-electron chi connectivity index (χ4n) is 2.89. The summed E-state index contributed by atoms with van der Waals surface area (Å²) in [5, 5.41) is 18.1. The summed E-state index contributed by atoms with van der Waals surface area (Å²) >= 11 is 0. The molecule has 1 amide bonds. The fraction of sp³-hybridized carbons (Fsp3) is 0.263. The van der Waals surface area contributed by atoms with E-state index in [1.807, 2.05) is 0 Å². The normalized spacial score (nSPS) is 15.0. The lowest BCUT2D eigenvalue weighted by Crippen LogP contribution is -2.40. The lowest BCUT2D eigenvalue weighted by atomic mass is 10.2. The maximum Gasteiger partial charge on any atom is 0.295 e. The molecular weight excluding hydrogens is 426 g/mol. The van der Waals surface area contributed by atoms with Gasteiger partial charge in [0.05, 0.1) is 29.2 Å². The number of benzene rings is 2. The number of anilines is 2. The van der Waals surface area contributed by atoms with Gasteiger partial charge in [-0.1, -0.05) is 12.1 Å². The minimum atomic E-state index is -3.86. The first-order chi connectivity index (χ1) is 14.8. The SMILES string of the molecule is CC(=O)Nc1ccc(C=NNc2ccc(S(=O)(=O)N3CCOCC3)cc2[N+](=O)[O-])cc1. The number of amides is 1. The number of nitrogens with zero attached hydrogens (tertiary/aromatic N) is 3. The summed E-state index contributed by atoms with van der Waals surface area (Å²) in [5.41, 5.74) is 3.54. The monoisotopic (exact) mass is 447 g/mol. The minimum absolute atomic E-state index is 0.0528. The molecule has 2 aromatic rings. The number of hydrazone groups is 1. The van der Waals surface area contributed by atoms with Crippen molar-refractivity contribution in [3.8, 4) is 0 Å². The second-order valence-corrected chi connectivity index (χ2v) is 8.56. The standard InChI is InChI=1S/C19H21N5O6S/c1-14(25)21-16-4-2-15(3-5-16)13-20-22-18-7-6-17(12-19(18)24(26)27)31(28,29)23-8-10-30-11-9-23/h2-7,12-13,22H,8-11H2,1H3,(H,21,25). The van der Waals surface area contributed by atoms with Crippen LogP contribution >= 0.6 is 0 Å². The first kappa shape index (κ1) is 22.3. The summed E-state index contributed by atoms with van der Waals surface area (Å²) < 4.78 is 31.9. The molecule has 31 heavy (non-hydrogen) atoms. The lowest BCUT2D eigenvalue weighted by molar-refractivity contribution is -0.384. The van der Waals surface area contributed by atoms with Crippen LogP contribution in [-0.2, 0) is 19.6 Å². The predicted molar refractivity (Wildman–Crippen MR) is 115 cm³/mol. The largest absolute Gasteiger partial charge is 0.379 e. The number of hydrogen-bond acceptors (Lipinski definition) is 8. The molecule has 0 bridgehead atoms. The smallest absolute Gasteiger partial charge is 0.295 e. The van der Waals surface area contributed by atoms with Crippen LogP contribution in [0.4, 0.5) is 17.1 Å². The Balaban J connectivity index is 1.76. The molecule has 1 saturated heterocycles. The Hall–Kier alpha value is -3.35. The van der Waals surface area contributed by atoms with E-state index in [1.54, 1.807) is 24.3 Å². The number of nitro benzene ring substituents is 1. The number of morpholine rings is 1. The van der Waals surface area contributed by atoms with Crippen molar-refractivity contribution in [3.05, 3.63) is 58.1 Å². The number of ether oxygens (including phenoxy) is 1. The van der Waals surface area contributed by atoms with Gasteiger partial charge in [0, 0.05) is 31.8 Å². The third-order valence-electron chi connectivity index (χ3n) is 4.40. The minimum Gasteiger partial charge on any atom is -0.379 e. The molecule has 0 aromatic heterocycles. The number of hydrogen-bond donors (Lipinski definition) is 2. The zero-order valence-electron chi connectivity index (χ0n) is 16.6. The topological polar surface area (TPSA) is 143 Å². The molecule has 0 atom stereocenters. The molecule has 1 aliphatic rings. The van der Waals surface area contributed by atoms with Gasteiger partial charge >= 0.3 is 0 Å². The Kier molecular flexibility index (Phi) is 6.95. The van der Waals surface area contributed by atoms with E-state index in [4.69, 9.17) is 4.74 Å². The van der Waals surface area contributed by atoms with Gasteiger partial charge in [0.2, 0.25) is 15.9 Å². The Morgan fingerprint density at radius 3 is 2.48 bits per heavy atom. The van der Waals surface area contributed by atoms with Gasteiger partial charge < -0.3 is 10.1 Å². The Morgan fingerprint density at radius 2 is 1.87 bits per heavy atom. The van der Waals surface area contributed by atoms with E-state index in [0.717, 1.165) is 6.07 Å². The van der Waals surface area contributed by atoms with E-state index in [0.29, 0.717) is 11.3 Å². The molecule has 1 aliphatic heterocycles. The van der Waals surface area contributed by atoms with Crippen LogP contribution in [0.5, 0.6) is 0 Å². The fourth-order valence-corrected chi connectivity index (χ4v) is 4.31. The van der Waals surface area contributed by atoms with Crippen molar-refractivity contribution in [3.63, 3.8) is 0 Å². The average molecular weight is 447 g/mol. The molecule has 0 saturated carbocycles. The summed E-state index contributed by atoms with van der Waals surface area (Å²) in [4.78, 5) is 21.7. The van der Waals surface area contributed by atoms with Gasteiger partial charge in [-0.15, -0.1) is 0 Å². The summed E-state index contributed by atoms with van der Waals surface area (Å²) in [5.74, 6) is -0.186. The highest BCUT2D eigenvalue weighted by Crippen LogP contribution is 2.29. The van der Waals surface area contributed by atoms with Crippen molar-refractivity contribution < 1.29 is 22.9 Å². The van der Waals surface area contributed by atoms with E-state index in [9.17, 15) is 23.3 Å². The van der Waals surface area contributed by atoms with Gasteiger partial charge in [0.15, 0.2) is 0 Å². The van der Waals surface area contributed by atoms with E-state index in [1.165, 1.54) is 29.6 Å². The van der Waals surface area contributed by atoms with Crippen LogP contribution in [0, 0.1) is 10.1 Å². The molecule has 11 nitrogen and oxygen atoms in total. The second-order valence-electron chi connectivity index (χ2n) is 6.63. The molecule has 0 unspecified atom stereocenters. The summed E-state index contributed by atoms with van der Waals surface area (Å²) in [6, 6.07) is 10.4. The maximum atomic E-state index is 12.7. The number of nitro groups is 1. The third kappa shape index (κ3) is 5.63. The van der Waals surface area contributed by atoms with Crippen LogP contribution in [0.2, 0.25) is 0 Å². The van der Waals surface area contributed by atoms with E-state index in [-0.39, 0.29) is 42.8 Å². The van der Waals surface area contributed by atoms with Crippen LogP contribution in [0.25, 0.3) is 0 Å². The average Bonchev–Trinajstić information content (AvgIpc) is 2.75. The number of carbonyl (C=O) groups is 1. The highest BCUT2D eigenvalue weighted by Gasteiger charge is 2.28. The highest BCUT2D eigenvalue weighted by atomic mass is 32.2. The van der Waals surface area contributed by atoms with Gasteiger partial charge in [-0.25, -0.2) is 8.42 Å². The van der Waals surface area contributed by atoms with E-state index in [2.05, 4.69) is 15.8 Å². The van der Waals surface area contributed by atoms with Crippen molar-refractivity contribution in [1.29, 1.82) is 0 Å². The molecule has 2 N–H and O–H groups in total. The molecule has 1 fully saturated rings. The van der Waals surface area contributed by atoms with Gasteiger partial charge in [-0.2, -0.15) is 9.41 Å². The third-order valence-corrected chi connectivity index (χ3v) is 6.30. The summed E-state index contributed by atoms with van der Waals surface area (Å²) in [6.07, 6.45) is 1.44. The highest BCUT2D eigenvalue weighted by molar-refractivity contribution is 7.89. The van der Waals surface area contributed by atoms with Crippen molar-refractivity contribution in [2.24, 2.45) is 5.10 Å². The molecule has 0 aliphatic carbocycles. The lowest BCUT2D eigenvalue weighted by Gasteiger charge is -2.26. The maximum absolute atomic E-state index is 12.7.